The number of carbonyl (C=O) groups excluding carboxylic acids is 2. The highest BCUT2D eigenvalue weighted by Gasteiger charge is 2.25. The monoisotopic (exact) mass is 184 g/mol. The zero-order chi connectivity index (χ0) is 9.84. The van der Waals surface area contributed by atoms with Crippen molar-refractivity contribution in [2.45, 2.75) is 13.3 Å². The van der Waals surface area contributed by atoms with Crippen LogP contribution in [0.3, 0.4) is 0 Å². The lowest BCUT2D eigenvalue weighted by molar-refractivity contribution is -0.138. The first-order valence-electron chi connectivity index (χ1n) is 4.05. The van der Waals surface area contributed by atoms with Crippen LogP contribution in [0.15, 0.2) is 11.6 Å². The summed E-state index contributed by atoms with van der Waals surface area (Å²) in [4.78, 5) is 21.6. The van der Waals surface area contributed by atoms with Crippen LogP contribution in [0.5, 0.6) is 0 Å². The summed E-state index contributed by atoms with van der Waals surface area (Å²) in [5.74, 6) is -0.564. The van der Waals surface area contributed by atoms with Gasteiger partial charge in [0.15, 0.2) is 0 Å². The molecule has 1 aliphatic heterocycles. The summed E-state index contributed by atoms with van der Waals surface area (Å²) >= 11 is 0. The van der Waals surface area contributed by atoms with Crippen molar-refractivity contribution in [1.29, 1.82) is 0 Å². The third kappa shape index (κ3) is 2.57. The number of methoxy groups -OCH3 is 1. The van der Waals surface area contributed by atoms with E-state index < -0.39 is 5.97 Å². The molecule has 0 aromatic rings. The van der Waals surface area contributed by atoms with Crippen molar-refractivity contribution in [1.82, 2.24) is 0 Å². The Morgan fingerprint density at radius 1 is 1.69 bits per heavy atom. The highest BCUT2D eigenvalue weighted by atomic mass is 16.5. The van der Waals surface area contributed by atoms with Crippen LogP contribution in [0.4, 0.5) is 0 Å². The lowest BCUT2D eigenvalue weighted by Gasteiger charge is -2.04. The molecule has 0 amide bonds. The Balaban J connectivity index is 2.57. The van der Waals surface area contributed by atoms with E-state index in [0.717, 1.165) is 5.57 Å². The highest BCUT2D eigenvalue weighted by Crippen LogP contribution is 2.21. The Hall–Kier alpha value is -1.32. The normalized spacial score (nSPS) is 22.8. The van der Waals surface area contributed by atoms with E-state index in [0.29, 0.717) is 13.0 Å². The van der Waals surface area contributed by atoms with Gasteiger partial charge in [-0.2, -0.15) is 0 Å². The first kappa shape index (κ1) is 9.77. The first-order valence-corrected chi connectivity index (χ1v) is 4.05. The molecular formula is C9H12O4. The first-order chi connectivity index (χ1) is 6.13. The maximum absolute atomic E-state index is 10.8. The van der Waals surface area contributed by atoms with Gasteiger partial charge in [-0.25, -0.2) is 4.79 Å². The van der Waals surface area contributed by atoms with Crippen LogP contribution in [-0.2, 0) is 19.1 Å². The second-order valence-electron chi connectivity index (χ2n) is 3.00. The minimum absolute atomic E-state index is 0.0339. The molecule has 0 radical (unpaired) electrons. The van der Waals surface area contributed by atoms with Gasteiger partial charge in [0.1, 0.15) is 0 Å². The average molecular weight is 184 g/mol. The fraction of sp³-hybridized carbons (Fsp3) is 0.556. The van der Waals surface area contributed by atoms with Crippen LogP contribution in [0.25, 0.3) is 0 Å². The van der Waals surface area contributed by atoms with Crippen molar-refractivity contribution in [3.63, 3.8) is 0 Å². The topological polar surface area (TPSA) is 52.6 Å². The lowest BCUT2D eigenvalue weighted by Crippen LogP contribution is -2.04. The van der Waals surface area contributed by atoms with Gasteiger partial charge in [0.05, 0.1) is 20.1 Å². The van der Waals surface area contributed by atoms with Crippen molar-refractivity contribution in [2.24, 2.45) is 5.92 Å². The van der Waals surface area contributed by atoms with Gasteiger partial charge in [0.25, 0.3) is 0 Å². The fourth-order valence-corrected chi connectivity index (χ4v) is 1.17. The van der Waals surface area contributed by atoms with Gasteiger partial charge in [-0.05, 0) is 6.92 Å². The van der Waals surface area contributed by atoms with Gasteiger partial charge in [-0.3, -0.25) is 4.79 Å². The summed E-state index contributed by atoms with van der Waals surface area (Å²) in [7, 11) is 1.32. The van der Waals surface area contributed by atoms with Crippen molar-refractivity contribution >= 4 is 11.9 Å². The van der Waals surface area contributed by atoms with Gasteiger partial charge in [0.2, 0.25) is 0 Å². The predicted octanol–water partition coefficient (Wildman–Crippen LogP) is 0.669. The van der Waals surface area contributed by atoms with Crippen molar-refractivity contribution in [3.8, 4) is 0 Å². The van der Waals surface area contributed by atoms with Crippen LogP contribution >= 0.6 is 0 Å². The largest absolute Gasteiger partial charge is 0.466 e. The zero-order valence-electron chi connectivity index (χ0n) is 7.70. The molecule has 0 aliphatic carbocycles. The molecule has 72 valence electrons. The number of cyclic esters (lactones) is 1. The molecule has 1 fully saturated rings. The van der Waals surface area contributed by atoms with Gasteiger partial charge in [-0.1, -0.05) is 5.57 Å². The van der Waals surface area contributed by atoms with Gasteiger partial charge >= 0.3 is 11.9 Å². The quantitative estimate of drug-likeness (QED) is 0.467. The molecule has 0 unspecified atom stereocenters. The Morgan fingerprint density at radius 3 is 2.85 bits per heavy atom. The molecule has 4 heteroatoms. The van der Waals surface area contributed by atoms with Crippen LogP contribution in [-0.4, -0.2) is 25.7 Å². The van der Waals surface area contributed by atoms with Gasteiger partial charge in [0, 0.05) is 12.0 Å². The zero-order valence-corrected chi connectivity index (χ0v) is 7.70. The molecule has 1 aliphatic rings. The molecule has 0 bridgehead atoms. The van der Waals surface area contributed by atoms with Gasteiger partial charge in [-0.15, -0.1) is 0 Å². The summed E-state index contributed by atoms with van der Waals surface area (Å²) < 4.78 is 9.24. The minimum Gasteiger partial charge on any atom is -0.466 e. The maximum atomic E-state index is 10.8. The van der Waals surface area contributed by atoms with E-state index in [4.69, 9.17) is 4.74 Å². The Labute approximate surface area is 76.5 Å². The van der Waals surface area contributed by atoms with E-state index in [2.05, 4.69) is 4.74 Å². The summed E-state index contributed by atoms with van der Waals surface area (Å²) in [6, 6.07) is 0. The van der Waals surface area contributed by atoms with E-state index in [1.165, 1.54) is 13.2 Å². The van der Waals surface area contributed by atoms with Crippen LogP contribution in [0.2, 0.25) is 0 Å². The SMILES string of the molecule is COC(=O)/C=C(/C)[C@@H]1COC(=O)C1. The molecule has 1 atom stereocenters. The number of carbonyl (C=O) groups is 2. The predicted molar refractivity (Wildman–Crippen MR) is 44.8 cm³/mol. The smallest absolute Gasteiger partial charge is 0.330 e. The standard InChI is InChI=1S/C9H12O4/c1-6(3-8(10)12-2)7-4-9(11)13-5-7/h3,7H,4-5H2,1-2H3/b6-3-/t7-/m0/s1. The molecule has 0 aromatic carbocycles. The minimum atomic E-state index is -0.392. The highest BCUT2D eigenvalue weighted by molar-refractivity contribution is 5.83. The Morgan fingerprint density at radius 2 is 2.38 bits per heavy atom. The molecule has 1 saturated heterocycles. The molecule has 13 heavy (non-hydrogen) atoms. The number of esters is 2. The Bertz CT molecular complexity index is 254. The van der Waals surface area contributed by atoms with E-state index in [-0.39, 0.29) is 11.9 Å². The van der Waals surface area contributed by atoms with E-state index in [9.17, 15) is 9.59 Å². The lowest BCUT2D eigenvalue weighted by atomic mass is 9.99. The van der Waals surface area contributed by atoms with E-state index >= 15 is 0 Å². The number of hydrogen-bond acceptors (Lipinski definition) is 4. The molecule has 0 N–H and O–H groups in total. The van der Waals surface area contributed by atoms with Crippen LogP contribution < -0.4 is 0 Å². The average Bonchev–Trinajstić information content (AvgIpc) is 2.51. The fourth-order valence-electron chi connectivity index (χ4n) is 1.17. The molecule has 4 nitrogen and oxygen atoms in total. The van der Waals surface area contributed by atoms with Crippen LogP contribution in [0.1, 0.15) is 13.3 Å². The summed E-state index contributed by atoms with van der Waals surface area (Å²) in [5.41, 5.74) is 0.831. The second kappa shape index (κ2) is 4.07. The summed E-state index contributed by atoms with van der Waals surface area (Å²) in [5, 5.41) is 0. The molecule has 1 rings (SSSR count). The second-order valence-corrected chi connectivity index (χ2v) is 3.00. The van der Waals surface area contributed by atoms with Crippen LogP contribution in [0, 0.1) is 5.92 Å². The molecule has 0 aromatic heterocycles. The van der Waals surface area contributed by atoms with Crippen molar-refractivity contribution in [2.75, 3.05) is 13.7 Å². The van der Waals surface area contributed by atoms with E-state index in [1.807, 2.05) is 0 Å². The van der Waals surface area contributed by atoms with Crippen molar-refractivity contribution in [3.05, 3.63) is 11.6 Å². The van der Waals surface area contributed by atoms with Crippen molar-refractivity contribution < 1.29 is 19.1 Å². The third-order valence-electron chi connectivity index (χ3n) is 2.05. The van der Waals surface area contributed by atoms with Gasteiger partial charge < -0.3 is 9.47 Å². The molecule has 0 saturated carbocycles. The molecule has 1 heterocycles. The maximum Gasteiger partial charge on any atom is 0.330 e. The number of ether oxygens (including phenoxy) is 2. The Kier molecular flexibility index (Phi) is 3.06. The summed E-state index contributed by atoms with van der Waals surface area (Å²) in [6.07, 6.45) is 1.76. The number of hydrogen-bond donors (Lipinski definition) is 0. The van der Waals surface area contributed by atoms with E-state index in [1.54, 1.807) is 6.92 Å². The number of rotatable bonds is 2. The summed E-state index contributed by atoms with van der Waals surface area (Å²) in [6.45, 7) is 2.17. The third-order valence-corrected chi connectivity index (χ3v) is 2.05. The molecular weight excluding hydrogens is 172 g/mol. The molecule has 0 spiro atoms.